The van der Waals surface area contributed by atoms with Crippen molar-refractivity contribution < 1.29 is 4.79 Å². The fraction of sp³-hybridized carbons (Fsp3) is 0.500. The third-order valence-corrected chi connectivity index (χ3v) is 3.23. The molecule has 0 bridgehead atoms. The number of hydrogen-bond acceptors (Lipinski definition) is 5. The molecule has 0 saturated heterocycles. The lowest BCUT2D eigenvalue weighted by atomic mass is 9.98. The molecule has 0 aromatic rings. The van der Waals surface area contributed by atoms with Crippen molar-refractivity contribution in [2.24, 2.45) is 21.6 Å². The van der Waals surface area contributed by atoms with Gasteiger partial charge in [0.15, 0.2) is 0 Å². The van der Waals surface area contributed by atoms with Gasteiger partial charge in [0.25, 0.3) is 0 Å². The first kappa shape index (κ1) is 14.1. The topological polar surface area (TPSA) is 83.1 Å². The van der Waals surface area contributed by atoms with Gasteiger partial charge in [-0.15, -0.1) is 0 Å². The summed E-state index contributed by atoms with van der Waals surface area (Å²) in [6, 6.07) is 0.306. The number of carbonyl (C=O) groups is 1. The number of rotatable bonds is 2. The lowest BCUT2D eigenvalue weighted by molar-refractivity contribution is -0.118. The Morgan fingerprint density at radius 3 is 3.00 bits per heavy atom. The van der Waals surface area contributed by atoms with Gasteiger partial charge in [0.05, 0.1) is 12.5 Å². The second kappa shape index (κ2) is 5.78. The number of nitrogens with one attached hydrogen (secondary N) is 1. The molecule has 20 heavy (non-hydrogen) atoms. The summed E-state index contributed by atoms with van der Waals surface area (Å²) in [5, 5.41) is 2.64. The van der Waals surface area contributed by atoms with Crippen LogP contribution < -0.4 is 11.1 Å². The number of fused-ring (bicyclic) bond motifs is 1. The van der Waals surface area contributed by atoms with Crippen molar-refractivity contribution in [3.8, 4) is 11.8 Å². The molecule has 0 aromatic heterocycles. The van der Waals surface area contributed by atoms with Gasteiger partial charge >= 0.3 is 0 Å². The molecule has 106 valence electrons. The van der Waals surface area contributed by atoms with E-state index in [1.165, 1.54) is 13.3 Å². The Labute approximate surface area is 118 Å². The van der Waals surface area contributed by atoms with Gasteiger partial charge in [-0.25, -0.2) is 9.98 Å². The molecule has 0 spiro atoms. The molecule has 0 fully saturated rings. The highest BCUT2D eigenvalue weighted by molar-refractivity contribution is 5.94. The summed E-state index contributed by atoms with van der Waals surface area (Å²) in [4.78, 5) is 21.4. The maximum atomic E-state index is 10.8. The third kappa shape index (κ3) is 2.82. The maximum absolute atomic E-state index is 10.8. The molecule has 0 radical (unpaired) electrons. The summed E-state index contributed by atoms with van der Waals surface area (Å²) in [6.45, 7) is 5.98. The minimum atomic E-state index is -0.0928. The fourth-order valence-corrected chi connectivity index (χ4v) is 2.25. The molecule has 1 amide bonds. The van der Waals surface area contributed by atoms with Gasteiger partial charge in [0.1, 0.15) is 18.3 Å². The van der Waals surface area contributed by atoms with Crippen LogP contribution in [0.5, 0.6) is 0 Å². The molecule has 6 heteroatoms. The number of nitrogens with zero attached hydrogens (tertiary/aromatic N) is 3. The van der Waals surface area contributed by atoms with Gasteiger partial charge < -0.3 is 16.0 Å². The van der Waals surface area contributed by atoms with E-state index in [0.717, 1.165) is 5.57 Å². The Bertz CT molecular complexity index is 550. The number of amides is 1. The Morgan fingerprint density at radius 1 is 1.60 bits per heavy atom. The summed E-state index contributed by atoms with van der Waals surface area (Å²) in [6.07, 6.45) is 3.44. The van der Waals surface area contributed by atoms with E-state index < -0.39 is 0 Å². The monoisotopic (exact) mass is 273 g/mol. The van der Waals surface area contributed by atoms with Gasteiger partial charge in [-0.2, -0.15) is 0 Å². The number of nitrogens with two attached hydrogens (primary N) is 1. The van der Waals surface area contributed by atoms with E-state index in [-0.39, 0.29) is 18.0 Å². The van der Waals surface area contributed by atoms with Crippen molar-refractivity contribution in [2.75, 3.05) is 6.54 Å². The van der Waals surface area contributed by atoms with Crippen LogP contribution >= 0.6 is 0 Å². The summed E-state index contributed by atoms with van der Waals surface area (Å²) in [5.41, 5.74) is 6.87. The van der Waals surface area contributed by atoms with Crippen LogP contribution in [-0.4, -0.2) is 41.7 Å². The van der Waals surface area contributed by atoms with E-state index >= 15 is 0 Å². The smallest absolute Gasteiger partial charge is 0.217 e. The standard InChI is InChI=1S/C14H19N5O/c1-9(2)19-7-11(5-4-6-16-10(3)20)12-13(15)17-8-18-14(12)19/h7-9,12,14H,6H2,1-3H3,(H,16,20)(H2,15,17,18). The first-order chi connectivity index (χ1) is 9.50. The molecule has 0 aromatic carbocycles. The van der Waals surface area contributed by atoms with Gasteiger partial charge in [-0.05, 0) is 13.8 Å². The van der Waals surface area contributed by atoms with Crippen LogP contribution in [0.4, 0.5) is 0 Å². The molecular weight excluding hydrogens is 254 g/mol. The predicted octanol–water partition coefficient (Wildman–Crippen LogP) is 0.0752. The Kier molecular flexibility index (Phi) is 4.08. The van der Waals surface area contributed by atoms with Crippen LogP contribution in [0, 0.1) is 17.8 Å². The van der Waals surface area contributed by atoms with E-state index in [1.807, 2.05) is 6.20 Å². The lowest BCUT2D eigenvalue weighted by Crippen LogP contribution is -2.42. The molecule has 2 unspecified atom stereocenters. The van der Waals surface area contributed by atoms with Crippen molar-refractivity contribution >= 4 is 18.1 Å². The molecule has 6 nitrogen and oxygen atoms in total. The van der Waals surface area contributed by atoms with Crippen molar-refractivity contribution in [1.82, 2.24) is 10.2 Å². The molecule has 3 N–H and O–H groups in total. The zero-order valence-electron chi connectivity index (χ0n) is 11.9. The number of hydrogen-bond donors (Lipinski definition) is 2. The van der Waals surface area contributed by atoms with Crippen LogP contribution in [0.2, 0.25) is 0 Å². The highest BCUT2D eigenvalue weighted by Gasteiger charge is 2.39. The minimum Gasteiger partial charge on any atom is -0.386 e. The van der Waals surface area contributed by atoms with E-state index in [0.29, 0.717) is 18.4 Å². The molecule has 2 aliphatic heterocycles. The molecule has 2 aliphatic rings. The SMILES string of the molecule is CC(=O)NCC#CC1=CN(C(C)C)C2N=CN=C(N)C12. The average Bonchev–Trinajstić information content (AvgIpc) is 2.75. The average molecular weight is 273 g/mol. The predicted molar refractivity (Wildman–Crippen MR) is 78.9 cm³/mol. The quantitative estimate of drug-likeness (QED) is 0.699. The van der Waals surface area contributed by atoms with E-state index in [2.05, 4.69) is 45.9 Å². The van der Waals surface area contributed by atoms with E-state index in [4.69, 9.17) is 5.73 Å². The summed E-state index contributed by atoms with van der Waals surface area (Å²) < 4.78 is 0. The third-order valence-electron chi connectivity index (χ3n) is 3.23. The van der Waals surface area contributed by atoms with Crippen LogP contribution in [-0.2, 0) is 4.79 Å². The number of aliphatic imine (C=N–C) groups is 2. The number of carbonyl (C=O) groups excluding carboxylic acids is 1. The molecule has 2 atom stereocenters. The first-order valence-corrected chi connectivity index (χ1v) is 6.58. The molecule has 2 heterocycles. The summed E-state index contributed by atoms with van der Waals surface area (Å²) in [5.74, 6) is 6.36. The van der Waals surface area contributed by atoms with E-state index in [1.54, 1.807) is 0 Å². The van der Waals surface area contributed by atoms with Crippen molar-refractivity contribution in [3.05, 3.63) is 11.8 Å². The van der Waals surface area contributed by atoms with Crippen LogP contribution in [0.3, 0.4) is 0 Å². The van der Waals surface area contributed by atoms with Gasteiger partial charge in [0.2, 0.25) is 5.91 Å². The Balaban J connectivity index is 2.18. The van der Waals surface area contributed by atoms with Gasteiger partial charge in [0, 0.05) is 24.7 Å². The Hall–Kier alpha value is -2.29. The summed E-state index contributed by atoms with van der Waals surface area (Å²) >= 11 is 0. The van der Waals surface area contributed by atoms with Gasteiger partial charge in [-0.1, -0.05) is 11.8 Å². The van der Waals surface area contributed by atoms with Crippen molar-refractivity contribution in [2.45, 2.75) is 33.0 Å². The van der Waals surface area contributed by atoms with Crippen molar-refractivity contribution in [1.29, 1.82) is 0 Å². The van der Waals surface area contributed by atoms with E-state index in [9.17, 15) is 4.79 Å². The normalized spacial score (nSPS) is 23.7. The zero-order chi connectivity index (χ0) is 14.7. The molecule has 0 aliphatic carbocycles. The minimum absolute atomic E-state index is 0.0578. The summed E-state index contributed by atoms with van der Waals surface area (Å²) in [7, 11) is 0. The second-order valence-electron chi connectivity index (χ2n) is 5.05. The lowest BCUT2D eigenvalue weighted by Gasteiger charge is -2.30. The molecule has 2 rings (SSSR count). The van der Waals surface area contributed by atoms with Crippen molar-refractivity contribution in [3.63, 3.8) is 0 Å². The largest absolute Gasteiger partial charge is 0.386 e. The van der Waals surface area contributed by atoms with Crippen LogP contribution in [0.25, 0.3) is 0 Å². The van der Waals surface area contributed by atoms with Gasteiger partial charge in [-0.3, -0.25) is 4.79 Å². The fourth-order valence-electron chi connectivity index (χ4n) is 2.25. The number of amidine groups is 1. The highest BCUT2D eigenvalue weighted by Crippen LogP contribution is 2.32. The van der Waals surface area contributed by atoms with Crippen LogP contribution in [0.15, 0.2) is 21.8 Å². The molecule has 0 saturated carbocycles. The first-order valence-electron chi connectivity index (χ1n) is 6.58. The maximum Gasteiger partial charge on any atom is 0.217 e. The zero-order valence-corrected chi connectivity index (χ0v) is 11.9. The second-order valence-corrected chi connectivity index (χ2v) is 5.05. The van der Waals surface area contributed by atoms with Crippen LogP contribution in [0.1, 0.15) is 20.8 Å². The highest BCUT2D eigenvalue weighted by atomic mass is 16.1. The molecular formula is C14H19N5O. The Morgan fingerprint density at radius 2 is 2.35 bits per heavy atom.